The molecule has 0 atom stereocenters. The van der Waals surface area contributed by atoms with Crippen molar-refractivity contribution in [1.29, 1.82) is 0 Å². The van der Waals surface area contributed by atoms with Crippen LogP contribution in [0.15, 0.2) is 42.5 Å². The molecule has 0 fully saturated rings. The second kappa shape index (κ2) is 12.7. The fraction of sp³-hybridized carbons (Fsp3) is 0.483. The molecule has 0 saturated carbocycles. The average Bonchev–Trinajstić information content (AvgIpc) is 3.18. The Hall–Kier alpha value is -3.19. The third-order valence-corrected chi connectivity index (χ3v) is 6.32. The van der Waals surface area contributed by atoms with E-state index < -0.39 is 0 Å². The van der Waals surface area contributed by atoms with Crippen LogP contribution in [0.3, 0.4) is 0 Å². The van der Waals surface area contributed by atoms with Crippen LogP contribution in [0, 0.1) is 11.8 Å². The van der Waals surface area contributed by atoms with Gasteiger partial charge in [-0.2, -0.15) is 0 Å². The van der Waals surface area contributed by atoms with Crippen molar-refractivity contribution in [2.45, 2.75) is 60.4 Å². The van der Waals surface area contributed by atoms with E-state index in [1.54, 1.807) is 19.1 Å². The van der Waals surface area contributed by atoms with Crippen molar-refractivity contribution in [1.82, 2.24) is 14.5 Å². The summed E-state index contributed by atoms with van der Waals surface area (Å²) in [7, 11) is 0. The number of aryl methyl sites for hydroxylation is 1. The second-order valence-electron chi connectivity index (χ2n) is 10.3. The largest absolute Gasteiger partial charge is 0.396 e. The number of nitrogens with one attached hydrogen (secondary N) is 1. The smallest absolute Gasteiger partial charge is 0.253 e. The van der Waals surface area contributed by atoms with Gasteiger partial charge in [-0.15, -0.1) is 0 Å². The Balaban J connectivity index is 1.93. The fourth-order valence-corrected chi connectivity index (χ4v) is 4.05. The van der Waals surface area contributed by atoms with Gasteiger partial charge in [-0.1, -0.05) is 27.7 Å². The molecule has 1 amide bonds. The first kappa shape index (κ1) is 27.4. The average molecular weight is 493 g/mol. The number of hydrogen-bond donors (Lipinski definition) is 2. The molecule has 194 valence electrons. The molecule has 1 aromatic heterocycles. The number of amides is 1. The molecule has 0 aliphatic rings. The summed E-state index contributed by atoms with van der Waals surface area (Å²) in [6.45, 7) is 12.4. The zero-order chi connectivity index (χ0) is 26.2. The van der Waals surface area contributed by atoms with E-state index in [0.717, 1.165) is 42.7 Å². The number of rotatable bonds is 13. The topological polar surface area (TPSA) is 87.5 Å². The zero-order valence-corrected chi connectivity index (χ0v) is 22.3. The number of hydrogen-bond acceptors (Lipinski definition) is 5. The Morgan fingerprint density at radius 3 is 2.14 bits per heavy atom. The van der Waals surface area contributed by atoms with Crippen molar-refractivity contribution in [3.05, 3.63) is 53.6 Å². The van der Waals surface area contributed by atoms with E-state index in [0.29, 0.717) is 41.9 Å². The van der Waals surface area contributed by atoms with Crippen molar-refractivity contribution in [3.8, 4) is 0 Å². The lowest BCUT2D eigenvalue weighted by molar-refractivity contribution is 0.0740. The highest BCUT2D eigenvalue weighted by molar-refractivity contribution is 5.98. The first-order valence-corrected chi connectivity index (χ1v) is 13.0. The summed E-state index contributed by atoms with van der Waals surface area (Å²) >= 11 is 0. The molecule has 7 nitrogen and oxygen atoms in total. The Morgan fingerprint density at radius 2 is 1.58 bits per heavy atom. The van der Waals surface area contributed by atoms with Gasteiger partial charge in [0.1, 0.15) is 0 Å². The number of fused-ring (bicyclic) bond motifs is 1. The quantitative estimate of drug-likeness (QED) is 0.290. The number of nitrogens with zero attached hydrogens (tertiary/aromatic N) is 3. The van der Waals surface area contributed by atoms with E-state index >= 15 is 0 Å². The minimum Gasteiger partial charge on any atom is -0.396 e. The standard InChI is InChI=1S/C29H40N4O3/c1-20(2)13-16-32(17-14-21(3)4)28(36)24-9-12-26-27(19-24)33(15-6-18-34)29(31-26)30-25-10-7-23(8-11-25)22(5)35/h7-12,19-21,34H,6,13-18H2,1-5H3,(H,30,31). The molecule has 3 rings (SSSR count). The number of imidazole rings is 1. The lowest BCUT2D eigenvalue weighted by Crippen LogP contribution is -2.34. The monoisotopic (exact) mass is 492 g/mol. The van der Waals surface area contributed by atoms with Crippen LogP contribution >= 0.6 is 0 Å². The van der Waals surface area contributed by atoms with Crippen LogP contribution in [0.4, 0.5) is 11.6 Å². The van der Waals surface area contributed by atoms with Gasteiger partial charge in [0.2, 0.25) is 5.95 Å². The summed E-state index contributed by atoms with van der Waals surface area (Å²) in [5, 5.41) is 12.8. The maximum atomic E-state index is 13.5. The molecule has 3 aromatic rings. The number of aliphatic hydroxyl groups excluding tert-OH is 1. The van der Waals surface area contributed by atoms with Gasteiger partial charge in [0.15, 0.2) is 5.78 Å². The maximum Gasteiger partial charge on any atom is 0.253 e. The van der Waals surface area contributed by atoms with Crippen LogP contribution in [0.5, 0.6) is 0 Å². The molecular formula is C29H40N4O3. The summed E-state index contributed by atoms with van der Waals surface area (Å²) in [5.41, 5.74) is 3.74. The van der Waals surface area contributed by atoms with Gasteiger partial charge >= 0.3 is 0 Å². The molecule has 2 N–H and O–H groups in total. The summed E-state index contributed by atoms with van der Waals surface area (Å²) in [5.74, 6) is 1.75. The van der Waals surface area contributed by atoms with Gasteiger partial charge in [0.25, 0.3) is 5.91 Å². The lowest BCUT2D eigenvalue weighted by Gasteiger charge is -2.24. The fourth-order valence-electron chi connectivity index (χ4n) is 4.05. The summed E-state index contributed by atoms with van der Waals surface area (Å²) in [6.07, 6.45) is 2.50. The number of carbonyl (C=O) groups excluding carboxylic acids is 2. The van der Waals surface area contributed by atoms with Gasteiger partial charge in [0, 0.05) is 43.1 Å². The Morgan fingerprint density at radius 1 is 0.972 bits per heavy atom. The SMILES string of the molecule is CC(=O)c1ccc(Nc2nc3ccc(C(=O)N(CCC(C)C)CCC(C)C)cc3n2CCCO)cc1. The van der Waals surface area contributed by atoms with Crippen LogP contribution in [-0.4, -0.2) is 50.9 Å². The Bertz CT molecular complexity index is 1150. The number of anilines is 2. The number of aliphatic hydroxyl groups is 1. The van der Waals surface area contributed by atoms with Crippen molar-refractivity contribution in [2.75, 3.05) is 25.0 Å². The zero-order valence-electron chi connectivity index (χ0n) is 22.3. The number of aromatic nitrogens is 2. The minimum atomic E-state index is 0.0183. The predicted octanol–water partition coefficient (Wildman–Crippen LogP) is 5.90. The van der Waals surface area contributed by atoms with Gasteiger partial charge in [-0.05, 0) is 80.5 Å². The van der Waals surface area contributed by atoms with Crippen LogP contribution in [0.1, 0.15) is 74.6 Å². The van der Waals surface area contributed by atoms with Crippen molar-refractivity contribution >= 4 is 34.4 Å². The van der Waals surface area contributed by atoms with Crippen LogP contribution < -0.4 is 5.32 Å². The lowest BCUT2D eigenvalue weighted by atomic mass is 10.1. The van der Waals surface area contributed by atoms with Crippen LogP contribution in [0.25, 0.3) is 11.0 Å². The van der Waals surface area contributed by atoms with Crippen molar-refractivity contribution in [3.63, 3.8) is 0 Å². The Kier molecular flexibility index (Phi) is 9.65. The molecular weight excluding hydrogens is 452 g/mol. The van der Waals surface area contributed by atoms with E-state index in [2.05, 4.69) is 33.0 Å². The van der Waals surface area contributed by atoms with E-state index in [4.69, 9.17) is 4.98 Å². The molecule has 0 bridgehead atoms. The third-order valence-electron chi connectivity index (χ3n) is 6.32. The molecule has 0 saturated heterocycles. The second-order valence-corrected chi connectivity index (χ2v) is 10.3. The third kappa shape index (κ3) is 7.17. The number of carbonyl (C=O) groups is 2. The van der Waals surface area contributed by atoms with Gasteiger partial charge in [0.05, 0.1) is 11.0 Å². The minimum absolute atomic E-state index is 0.0183. The van der Waals surface area contributed by atoms with Crippen molar-refractivity contribution < 1.29 is 14.7 Å². The highest BCUT2D eigenvalue weighted by Crippen LogP contribution is 2.25. The van der Waals surface area contributed by atoms with Gasteiger partial charge < -0.3 is 19.9 Å². The van der Waals surface area contributed by atoms with E-state index in [1.165, 1.54) is 0 Å². The normalized spacial score (nSPS) is 11.4. The first-order valence-electron chi connectivity index (χ1n) is 13.0. The highest BCUT2D eigenvalue weighted by atomic mass is 16.3. The van der Waals surface area contributed by atoms with Crippen molar-refractivity contribution in [2.24, 2.45) is 11.8 Å². The molecule has 1 heterocycles. The van der Waals surface area contributed by atoms with Crippen LogP contribution in [0.2, 0.25) is 0 Å². The number of benzene rings is 2. The van der Waals surface area contributed by atoms with Gasteiger partial charge in [-0.3, -0.25) is 9.59 Å². The molecule has 0 spiro atoms. The van der Waals surface area contributed by atoms with E-state index in [-0.39, 0.29) is 18.3 Å². The molecule has 0 aliphatic carbocycles. The number of Topliss-reactive ketones (excluding diaryl/α,β-unsaturated/α-hetero) is 1. The predicted molar refractivity (Wildman–Crippen MR) is 146 cm³/mol. The maximum absolute atomic E-state index is 13.5. The molecule has 2 aromatic carbocycles. The summed E-state index contributed by atoms with van der Waals surface area (Å²) in [4.78, 5) is 31.9. The van der Waals surface area contributed by atoms with E-state index in [1.807, 2.05) is 39.8 Å². The highest BCUT2D eigenvalue weighted by Gasteiger charge is 2.19. The summed E-state index contributed by atoms with van der Waals surface area (Å²) in [6, 6.07) is 12.9. The van der Waals surface area contributed by atoms with Crippen LogP contribution in [-0.2, 0) is 6.54 Å². The first-order chi connectivity index (χ1) is 17.2. The Labute approximate surface area is 214 Å². The molecule has 0 unspecified atom stereocenters. The molecule has 36 heavy (non-hydrogen) atoms. The van der Waals surface area contributed by atoms with E-state index in [9.17, 15) is 14.7 Å². The summed E-state index contributed by atoms with van der Waals surface area (Å²) < 4.78 is 2.01. The number of ketones is 1. The molecule has 0 aliphatic heterocycles. The molecule has 0 radical (unpaired) electrons. The molecule has 7 heteroatoms. The van der Waals surface area contributed by atoms with Gasteiger partial charge in [-0.25, -0.2) is 4.98 Å².